The van der Waals surface area contributed by atoms with Crippen LogP contribution in [0.2, 0.25) is 0 Å². The summed E-state index contributed by atoms with van der Waals surface area (Å²) < 4.78 is 6.96. The number of Topliss-reactive ketones (excluding diaryl/α,β-unsaturated/α-hetero) is 1. The lowest BCUT2D eigenvalue weighted by atomic mass is 10.00. The second kappa shape index (κ2) is 6.65. The highest BCUT2D eigenvalue weighted by Crippen LogP contribution is 2.32. The molecule has 6 nitrogen and oxygen atoms in total. The minimum atomic E-state index is -0.581. The van der Waals surface area contributed by atoms with Crippen molar-refractivity contribution in [2.45, 2.75) is 26.3 Å². The Kier molecular flexibility index (Phi) is 4.44. The van der Waals surface area contributed by atoms with E-state index >= 15 is 0 Å². The number of aromatic nitrogens is 1. The molecule has 0 saturated carbocycles. The number of carbonyl (C=O) groups excluding carboxylic acids is 1. The second-order valence-corrected chi connectivity index (χ2v) is 8.39. The molecule has 0 amide bonds. The van der Waals surface area contributed by atoms with E-state index in [-0.39, 0.29) is 11.3 Å². The Morgan fingerprint density at radius 3 is 2.85 bits per heavy atom. The second-order valence-electron chi connectivity index (χ2n) is 7.34. The van der Waals surface area contributed by atoms with Crippen molar-refractivity contribution in [3.8, 4) is 5.75 Å². The molecule has 27 heavy (non-hydrogen) atoms. The van der Waals surface area contributed by atoms with E-state index in [0.717, 1.165) is 30.1 Å². The third-order valence-electron chi connectivity index (χ3n) is 5.11. The zero-order valence-corrected chi connectivity index (χ0v) is 16.5. The number of ketones is 1. The number of ether oxygens (including phenoxy) is 1. The molecule has 1 saturated heterocycles. The summed E-state index contributed by atoms with van der Waals surface area (Å²) in [4.78, 5) is 30.0. The molecule has 2 aromatic rings. The Labute approximate surface area is 161 Å². The first kappa shape index (κ1) is 18.0. The Balaban J connectivity index is 1.78. The number of fused-ring (bicyclic) bond motifs is 1. The van der Waals surface area contributed by atoms with Crippen LogP contribution in [0.5, 0.6) is 5.75 Å². The number of nitrogens with one attached hydrogen (secondary N) is 2. The van der Waals surface area contributed by atoms with E-state index in [1.54, 1.807) is 0 Å². The fourth-order valence-electron chi connectivity index (χ4n) is 3.47. The van der Waals surface area contributed by atoms with Crippen molar-refractivity contribution in [1.82, 2.24) is 10.3 Å². The number of aromatic amines is 1. The first-order chi connectivity index (χ1) is 12.9. The van der Waals surface area contributed by atoms with E-state index in [2.05, 4.69) is 28.2 Å². The molecular weight excluding hydrogens is 362 g/mol. The molecule has 0 unspecified atom stereocenters. The smallest absolute Gasteiger partial charge is 0.266 e. The number of hydrogen-bond donors (Lipinski definition) is 2. The lowest BCUT2D eigenvalue weighted by Crippen LogP contribution is -2.38. The summed E-state index contributed by atoms with van der Waals surface area (Å²) in [6.45, 7) is 8.77. The van der Waals surface area contributed by atoms with Crippen LogP contribution < -0.4 is 29.7 Å². The van der Waals surface area contributed by atoms with Gasteiger partial charge in [0.25, 0.3) is 5.56 Å². The molecule has 1 aromatic carbocycles. The van der Waals surface area contributed by atoms with E-state index in [1.165, 1.54) is 11.3 Å². The van der Waals surface area contributed by atoms with Gasteiger partial charge in [0.05, 0.1) is 22.3 Å². The SMILES string of the molecule is CCN1CCOc2ccc(/C=c3\s/c(=C4\CNC(C)(C)C4=O)[nH]c3=O)cc21. The van der Waals surface area contributed by atoms with Crippen LogP contribution in [0.1, 0.15) is 26.3 Å². The molecule has 1 aromatic heterocycles. The number of carbonyl (C=O) groups is 1. The monoisotopic (exact) mass is 385 g/mol. The van der Waals surface area contributed by atoms with Crippen LogP contribution in [0.3, 0.4) is 0 Å². The summed E-state index contributed by atoms with van der Waals surface area (Å²) in [7, 11) is 0. The largest absolute Gasteiger partial charge is 0.490 e. The van der Waals surface area contributed by atoms with Gasteiger partial charge in [-0.1, -0.05) is 6.07 Å². The highest BCUT2D eigenvalue weighted by Gasteiger charge is 2.36. The van der Waals surface area contributed by atoms with Crippen molar-refractivity contribution in [3.05, 3.63) is 43.3 Å². The maximum Gasteiger partial charge on any atom is 0.266 e. The summed E-state index contributed by atoms with van der Waals surface area (Å²) in [6, 6.07) is 5.96. The minimum absolute atomic E-state index is 0.0380. The number of nitrogens with zero attached hydrogens (tertiary/aromatic N) is 1. The van der Waals surface area contributed by atoms with Crippen molar-refractivity contribution in [2.24, 2.45) is 0 Å². The molecule has 4 rings (SSSR count). The maximum absolute atomic E-state index is 12.5. The van der Waals surface area contributed by atoms with Crippen LogP contribution in [0.4, 0.5) is 5.69 Å². The normalized spacial score (nSPS) is 21.4. The Bertz CT molecular complexity index is 1080. The summed E-state index contributed by atoms with van der Waals surface area (Å²) >= 11 is 1.33. The molecule has 0 atom stereocenters. The molecule has 142 valence electrons. The fraction of sp³-hybridized carbons (Fsp3) is 0.400. The average Bonchev–Trinajstić information content (AvgIpc) is 3.13. The van der Waals surface area contributed by atoms with Gasteiger partial charge in [-0.3, -0.25) is 9.59 Å². The van der Waals surface area contributed by atoms with Gasteiger partial charge in [0, 0.05) is 18.7 Å². The number of H-pyrrole nitrogens is 1. The van der Waals surface area contributed by atoms with Crippen molar-refractivity contribution < 1.29 is 9.53 Å². The van der Waals surface area contributed by atoms with Crippen molar-refractivity contribution in [3.63, 3.8) is 0 Å². The van der Waals surface area contributed by atoms with Gasteiger partial charge < -0.3 is 19.9 Å². The predicted molar refractivity (Wildman–Crippen MR) is 108 cm³/mol. The van der Waals surface area contributed by atoms with E-state index < -0.39 is 5.54 Å². The molecule has 1 fully saturated rings. The minimum Gasteiger partial charge on any atom is -0.490 e. The Morgan fingerprint density at radius 1 is 1.33 bits per heavy atom. The van der Waals surface area contributed by atoms with Gasteiger partial charge in [-0.25, -0.2) is 0 Å². The lowest BCUT2D eigenvalue weighted by molar-refractivity contribution is -0.117. The van der Waals surface area contributed by atoms with E-state index in [0.29, 0.717) is 27.9 Å². The molecule has 2 aliphatic heterocycles. The summed E-state index contributed by atoms with van der Waals surface area (Å²) in [5.74, 6) is 0.914. The van der Waals surface area contributed by atoms with Crippen LogP contribution in [0.15, 0.2) is 23.0 Å². The zero-order chi connectivity index (χ0) is 19.2. The zero-order valence-electron chi connectivity index (χ0n) is 15.7. The topological polar surface area (TPSA) is 74.4 Å². The quantitative estimate of drug-likeness (QED) is 0.791. The first-order valence-corrected chi connectivity index (χ1v) is 9.96. The first-order valence-electron chi connectivity index (χ1n) is 9.14. The molecule has 7 heteroatoms. The summed E-state index contributed by atoms with van der Waals surface area (Å²) in [5.41, 5.74) is 1.90. The van der Waals surface area contributed by atoms with Crippen LogP contribution in [-0.2, 0) is 4.79 Å². The molecule has 2 aliphatic rings. The number of benzene rings is 1. The number of rotatable bonds is 2. The molecule has 0 radical (unpaired) electrons. The summed E-state index contributed by atoms with van der Waals surface area (Å²) in [6.07, 6.45) is 1.87. The standard InChI is InChI=1S/C20H23N3O3S/c1-4-23-7-8-26-15-6-5-12(9-14(15)23)10-16-18(25)22-19(27-16)13-11-21-20(2,3)17(13)24/h5-6,9-10,21H,4,7-8,11H2,1-3H3,(H,22,25)/b16-10-,19-13+. The molecule has 2 N–H and O–H groups in total. The van der Waals surface area contributed by atoms with E-state index in [4.69, 9.17) is 4.74 Å². The van der Waals surface area contributed by atoms with Gasteiger partial charge >= 0.3 is 0 Å². The molecule has 3 heterocycles. The number of thiazole rings is 1. The number of hydrogen-bond acceptors (Lipinski definition) is 6. The number of likely N-dealkylation sites (N-methyl/N-ethyl adjacent to an activating group) is 1. The third kappa shape index (κ3) is 3.21. The van der Waals surface area contributed by atoms with Crippen LogP contribution >= 0.6 is 11.3 Å². The summed E-state index contributed by atoms with van der Waals surface area (Å²) in [5, 5.41) is 3.19. The number of anilines is 1. The van der Waals surface area contributed by atoms with Gasteiger partial charge in [-0.05, 0) is 44.5 Å². The van der Waals surface area contributed by atoms with Gasteiger partial charge in [0.2, 0.25) is 0 Å². The molecular formula is C20H23N3O3S. The van der Waals surface area contributed by atoms with Gasteiger partial charge in [0.15, 0.2) is 5.78 Å². The van der Waals surface area contributed by atoms with Crippen molar-refractivity contribution in [1.29, 1.82) is 0 Å². The maximum atomic E-state index is 12.5. The van der Waals surface area contributed by atoms with Crippen LogP contribution in [0.25, 0.3) is 11.6 Å². The molecule has 0 bridgehead atoms. The van der Waals surface area contributed by atoms with Crippen LogP contribution in [-0.4, -0.2) is 42.5 Å². The van der Waals surface area contributed by atoms with Crippen LogP contribution in [0, 0.1) is 0 Å². The average molecular weight is 385 g/mol. The van der Waals surface area contributed by atoms with E-state index in [9.17, 15) is 9.59 Å². The van der Waals surface area contributed by atoms with Gasteiger partial charge in [-0.15, -0.1) is 11.3 Å². The molecule has 0 spiro atoms. The third-order valence-corrected chi connectivity index (χ3v) is 6.18. The predicted octanol–water partition coefficient (Wildman–Crippen LogP) is 0.586. The van der Waals surface area contributed by atoms with Crippen molar-refractivity contribution in [2.75, 3.05) is 31.1 Å². The lowest BCUT2D eigenvalue weighted by Gasteiger charge is -2.30. The Hall–Kier alpha value is -2.38. The molecule has 0 aliphatic carbocycles. The van der Waals surface area contributed by atoms with Gasteiger partial charge in [-0.2, -0.15) is 0 Å². The Morgan fingerprint density at radius 2 is 2.15 bits per heavy atom. The fourth-order valence-corrected chi connectivity index (χ4v) is 4.46. The highest BCUT2D eigenvalue weighted by molar-refractivity contribution is 7.07. The highest BCUT2D eigenvalue weighted by atomic mass is 32.1. The van der Waals surface area contributed by atoms with Crippen molar-refractivity contribution >= 4 is 34.5 Å². The van der Waals surface area contributed by atoms with Gasteiger partial charge in [0.1, 0.15) is 17.0 Å². The van der Waals surface area contributed by atoms with E-state index in [1.807, 2.05) is 32.1 Å².